The molecule has 4 N–H and O–H groups in total. The van der Waals surface area contributed by atoms with Gasteiger partial charge in [0, 0.05) is 5.56 Å². The number of benzene rings is 1. The van der Waals surface area contributed by atoms with E-state index in [1.807, 2.05) is 0 Å². The van der Waals surface area contributed by atoms with E-state index in [2.05, 4.69) is 0 Å². The summed E-state index contributed by atoms with van der Waals surface area (Å²) in [5, 5.41) is 13.9. The summed E-state index contributed by atoms with van der Waals surface area (Å²) < 4.78 is 58.2. The smallest absolute Gasteiger partial charge is 0.294 e. The summed E-state index contributed by atoms with van der Waals surface area (Å²) in [4.78, 5) is -1.33. The minimum absolute atomic E-state index is 0.128. The summed E-state index contributed by atoms with van der Waals surface area (Å²) >= 11 is 0. The third-order valence-electron chi connectivity index (χ3n) is 2.08. The molecule has 1 aromatic carbocycles. The maximum atomic E-state index is 11.3. The van der Waals surface area contributed by atoms with Crippen LogP contribution in [0.15, 0.2) is 21.9 Å². The van der Waals surface area contributed by atoms with Crippen LogP contribution in [0.5, 0.6) is 5.75 Å². The Bertz CT molecular complexity index is 663. The van der Waals surface area contributed by atoms with Gasteiger partial charge in [0.05, 0.1) is 18.6 Å². The Morgan fingerprint density at radius 2 is 1.83 bits per heavy atom. The van der Waals surface area contributed by atoms with Crippen molar-refractivity contribution in [3.8, 4) is 5.75 Å². The highest BCUT2D eigenvalue weighted by atomic mass is 32.2. The molecular formula is C8H11NO7S2. The number of aliphatic hydroxyl groups excluding tert-OH is 1. The number of primary sulfonamides is 1. The number of methoxy groups -OCH3 is 1. The molecule has 10 heteroatoms. The number of aliphatic hydroxyl groups is 1. The predicted molar refractivity (Wildman–Crippen MR) is 60.1 cm³/mol. The molecule has 0 aliphatic heterocycles. The Hall–Kier alpha value is -1.20. The zero-order valence-electron chi connectivity index (χ0n) is 9.19. The fraction of sp³-hybridized carbons (Fsp3) is 0.250. The molecule has 102 valence electrons. The van der Waals surface area contributed by atoms with E-state index in [-0.39, 0.29) is 11.3 Å². The zero-order chi connectivity index (χ0) is 14.1. The minimum Gasteiger partial charge on any atom is -0.495 e. The van der Waals surface area contributed by atoms with Crippen LogP contribution in [0.25, 0.3) is 0 Å². The molecule has 0 atom stereocenters. The normalized spacial score (nSPS) is 12.4. The van der Waals surface area contributed by atoms with Gasteiger partial charge in [0.1, 0.15) is 10.6 Å². The minimum atomic E-state index is -4.63. The fourth-order valence-corrected chi connectivity index (χ4v) is 2.74. The summed E-state index contributed by atoms with van der Waals surface area (Å²) in [5.74, 6) is -0.271. The van der Waals surface area contributed by atoms with Crippen LogP contribution >= 0.6 is 0 Å². The summed E-state index contributed by atoms with van der Waals surface area (Å²) in [6.07, 6.45) is 0. The Morgan fingerprint density at radius 1 is 1.28 bits per heavy atom. The molecule has 0 fully saturated rings. The molecule has 0 saturated carbocycles. The molecule has 0 aliphatic rings. The average molecular weight is 297 g/mol. The topological polar surface area (TPSA) is 144 Å². The van der Waals surface area contributed by atoms with Crippen molar-refractivity contribution >= 4 is 20.1 Å². The van der Waals surface area contributed by atoms with E-state index in [0.29, 0.717) is 6.07 Å². The maximum Gasteiger partial charge on any atom is 0.294 e. The molecule has 1 rings (SSSR count). The average Bonchev–Trinajstić information content (AvgIpc) is 2.24. The van der Waals surface area contributed by atoms with Gasteiger partial charge in [-0.3, -0.25) is 4.55 Å². The van der Waals surface area contributed by atoms with Gasteiger partial charge in [-0.05, 0) is 12.1 Å². The molecule has 0 unspecified atom stereocenters. The second-order valence-electron chi connectivity index (χ2n) is 3.29. The van der Waals surface area contributed by atoms with E-state index in [4.69, 9.17) is 19.5 Å². The van der Waals surface area contributed by atoms with E-state index >= 15 is 0 Å². The molecule has 0 saturated heterocycles. The number of sulfonamides is 1. The van der Waals surface area contributed by atoms with Crippen molar-refractivity contribution in [2.75, 3.05) is 7.11 Å². The molecule has 0 amide bonds. The first kappa shape index (κ1) is 14.9. The van der Waals surface area contributed by atoms with E-state index in [0.717, 1.165) is 13.2 Å². The van der Waals surface area contributed by atoms with E-state index in [1.165, 1.54) is 0 Å². The Balaban J connectivity index is 3.79. The second kappa shape index (κ2) is 4.82. The molecular weight excluding hydrogens is 286 g/mol. The van der Waals surface area contributed by atoms with Crippen molar-refractivity contribution in [3.63, 3.8) is 0 Å². The predicted octanol–water partition coefficient (Wildman–Crippen LogP) is -0.918. The Labute approximate surface area is 104 Å². The van der Waals surface area contributed by atoms with Crippen LogP contribution in [0.3, 0.4) is 0 Å². The monoisotopic (exact) mass is 297 g/mol. The fourth-order valence-electron chi connectivity index (χ4n) is 1.34. The number of ether oxygens (including phenoxy) is 1. The van der Waals surface area contributed by atoms with Crippen molar-refractivity contribution in [2.45, 2.75) is 16.4 Å². The third kappa shape index (κ3) is 2.97. The second-order valence-corrected chi connectivity index (χ2v) is 6.24. The lowest BCUT2D eigenvalue weighted by Crippen LogP contribution is -2.15. The highest BCUT2D eigenvalue weighted by Gasteiger charge is 2.23. The Kier molecular flexibility index (Phi) is 3.98. The van der Waals surface area contributed by atoms with Crippen molar-refractivity contribution in [1.29, 1.82) is 0 Å². The molecule has 8 nitrogen and oxygen atoms in total. The first-order chi connectivity index (χ1) is 8.11. The summed E-state index contributed by atoms with van der Waals surface area (Å²) in [6.45, 7) is -0.685. The van der Waals surface area contributed by atoms with Crippen LogP contribution in [0, 0.1) is 0 Å². The van der Waals surface area contributed by atoms with Crippen molar-refractivity contribution < 1.29 is 31.2 Å². The Morgan fingerprint density at radius 3 is 2.17 bits per heavy atom. The number of hydrogen-bond acceptors (Lipinski definition) is 6. The van der Waals surface area contributed by atoms with Crippen LogP contribution in [-0.4, -0.2) is 33.6 Å². The third-order valence-corrected chi connectivity index (χ3v) is 3.83. The molecule has 18 heavy (non-hydrogen) atoms. The van der Waals surface area contributed by atoms with Gasteiger partial charge >= 0.3 is 0 Å². The van der Waals surface area contributed by atoms with Crippen LogP contribution in [-0.2, 0) is 26.7 Å². The summed E-state index contributed by atoms with van der Waals surface area (Å²) in [7, 11) is -7.77. The van der Waals surface area contributed by atoms with Gasteiger partial charge in [-0.1, -0.05) is 0 Å². The lowest BCUT2D eigenvalue weighted by molar-refractivity contribution is 0.272. The highest BCUT2D eigenvalue weighted by molar-refractivity contribution is 7.89. The van der Waals surface area contributed by atoms with Gasteiger partial charge in [-0.25, -0.2) is 13.6 Å². The highest BCUT2D eigenvalue weighted by Crippen LogP contribution is 2.30. The lowest BCUT2D eigenvalue weighted by Gasteiger charge is -2.12. The molecule has 0 heterocycles. The number of nitrogens with two attached hydrogens (primary N) is 1. The molecule has 0 aromatic heterocycles. The zero-order valence-corrected chi connectivity index (χ0v) is 10.8. The van der Waals surface area contributed by atoms with Crippen LogP contribution in [0.4, 0.5) is 0 Å². The standard InChI is InChI=1S/C8H11NO7S2/c1-16-8-5(4-10)2-6(18(13,14)15)3-7(8)17(9,11)12/h2-3,10H,4H2,1H3,(H2,9,11,12)(H,13,14,15). The first-order valence-corrected chi connectivity index (χ1v) is 7.42. The van der Waals surface area contributed by atoms with Crippen molar-refractivity contribution in [3.05, 3.63) is 17.7 Å². The van der Waals surface area contributed by atoms with E-state index in [9.17, 15) is 16.8 Å². The molecule has 0 bridgehead atoms. The van der Waals surface area contributed by atoms with Crippen molar-refractivity contribution in [2.24, 2.45) is 5.14 Å². The van der Waals surface area contributed by atoms with Crippen LogP contribution in [0.1, 0.15) is 5.56 Å². The van der Waals surface area contributed by atoms with Gasteiger partial charge < -0.3 is 9.84 Å². The molecule has 1 aromatic rings. The molecule has 0 radical (unpaired) electrons. The summed E-state index contributed by atoms with van der Waals surface area (Å²) in [5.41, 5.74) is -0.128. The van der Waals surface area contributed by atoms with Crippen molar-refractivity contribution in [1.82, 2.24) is 0 Å². The van der Waals surface area contributed by atoms with Crippen LogP contribution in [0.2, 0.25) is 0 Å². The van der Waals surface area contributed by atoms with Gasteiger partial charge in [0.2, 0.25) is 10.0 Å². The number of rotatable bonds is 4. The quantitative estimate of drug-likeness (QED) is 0.609. The SMILES string of the molecule is COc1c(CO)cc(S(=O)(=O)O)cc1S(N)(=O)=O. The van der Waals surface area contributed by atoms with E-state index < -0.39 is 36.5 Å². The largest absolute Gasteiger partial charge is 0.495 e. The maximum absolute atomic E-state index is 11.3. The molecule has 0 spiro atoms. The lowest BCUT2D eigenvalue weighted by atomic mass is 10.2. The number of hydrogen-bond donors (Lipinski definition) is 3. The van der Waals surface area contributed by atoms with Gasteiger partial charge in [-0.2, -0.15) is 8.42 Å². The van der Waals surface area contributed by atoms with E-state index in [1.54, 1.807) is 0 Å². The van der Waals surface area contributed by atoms with Crippen LogP contribution < -0.4 is 9.88 Å². The molecule has 0 aliphatic carbocycles. The van der Waals surface area contributed by atoms with Gasteiger partial charge in [0.15, 0.2) is 0 Å². The summed E-state index contributed by atoms with van der Waals surface area (Å²) in [6, 6.07) is 1.55. The van der Waals surface area contributed by atoms with Gasteiger partial charge in [0.25, 0.3) is 10.1 Å². The first-order valence-electron chi connectivity index (χ1n) is 4.43. The van der Waals surface area contributed by atoms with Gasteiger partial charge in [-0.15, -0.1) is 0 Å².